The van der Waals surface area contributed by atoms with Gasteiger partial charge in [-0.3, -0.25) is 4.79 Å². The summed E-state index contributed by atoms with van der Waals surface area (Å²) >= 11 is 7.19. The molecule has 0 radical (unpaired) electrons. The smallest absolute Gasteiger partial charge is 0.330 e. The molecule has 1 amide bonds. The summed E-state index contributed by atoms with van der Waals surface area (Å²) in [7, 11) is 0. The van der Waals surface area contributed by atoms with Gasteiger partial charge in [-0.25, -0.2) is 9.78 Å². The summed E-state index contributed by atoms with van der Waals surface area (Å²) < 4.78 is 0. The lowest BCUT2D eigenvalue weighted by Gasteiger charge is -2.15. The van der Waals surface area contributed by atoms with Gasteiger partial charge in [0, 0.05) is 16.0 Å². The fraction of sp³-hybridized carbons (Fsp3) is 0.154. The highest BCUT2D eigenvalue weighted by Crippen LogP contribution is 2.23. The van der Waals surface area contributed by atoms with Crippen molar-refractivity contribution in [1.29, 1.82) is 0 Å². The van der Waals surface area contributed by atoms with Crippen LogP contribution in [0.2, 0.25) is 5.02 Å². The number of nitrogen functional groups attached to an aromatic ring is 1. The molecule has 2 rings (SSSR count). The quantitative estimate of drug-likeness (QED) is 0.778. The Morgan fingerprint density at radius 2 is 2.14 bits per heavy atom. The summed E-state index contributed by atoms with van der Waals surface area (Å²) in [5, 5.41) is 14.0. The highest BCUT2D eigenvalue weighted by Gasteiger charge is 2.24. The number of thiazole rings is 1. The fourth-order valence-electron chi connectivity index (χ4n) is 1.76. The van der Waals surface area contributed by atoms with Gasteiger partial charge in [-0.1, -0.05) is 29.8 Å². The number of aromatic nitrogens is 1. The largest absolute Gasteiger partial charge is 0.479 e. The Kier molecular flexibility index (Phi) is 4.77. The number of anilines is 1. The Balaban J connectivity index is 2.12. The van der Waals surface area contributed by atoms with Crippen molar-refractivity contribution < 1.29 is 14.7 Å². The van der Waals surface area contributed by atoms with E-state index in [-0.39, 0.29) is 11.4 Å². The van der Waals surface area contributed by atoms with E-state index >= 15 is 0 Å². The maximum atomic E-state index is 11.9. The van der Waals surface area contributed by atoms with E-state index in [1.54, 1.807) is 29.6 Å². The van der Waals surface area contributed by atoms with Crippen LogP contribution in [0.4, 0.5) is 5.13 Å². The van der Waals surface area contributed by atoms with Crippen LogP contribution in [0, 0.1) is 0 Å². The van der Waals surface area contributed by atoms with Crippen LogP contribution in [-0.4, -0.2) is 22.0 Å². The standard InChI is InChI=1S/C13H12ClN3O3S/c14-9-4-2-1-3-8(9)11(12(19)20)17-10(18)5-7-6-21-13(15)16-7/h1-4,6,11H,5H2,(H2,15,16)(H,17,18)(H,19,20)/t11-/m1/s1. The summed E-state index contributed by atoms with van der Waals surface area (Å²) in [4.78, 5) is 27.2. The highest BCUT2D eigenvalue weighted by molar-refractivity contribution is 7.13. The molecule has 8 heteroatoms. The van der Waals surface area contributed by atoms with Crippen LogP contribution in [0.5, 0.6) is 0 Å². The SMILES string of the molecule is Nc1nc(CC(=O)N[C@@H](C(=O)O)c2ccccc2Cl)cs1. The number of hydrogen-bond acceptors (Lipinski definition) is 5. The van der Waals surface area contributed by atoms with Crippen molar-refractivity contribution in [1.82, 2.24) is 10.3 Å². The number of nitrogens with zero attached hydrogens (tertiary/aromatic N) is 1. The minimum Gasteiger partial charge on any atom is -0.479 e. The number of nitrogens with two attached hydrogens (primary N) is 1. The number of carbonyl (C=O) groups excluding carboxylic acids is 1. The molecule has 1 heterocycles. The van der Waals surface area contributed by atoms with Crippen LogP contribution < -0.4 is 11.1 Å². The van der Waals surface area contributed by atoms with E-state index in [1.165, 1.54) is 11.3 Å². The van der Waals surface area contributed by atoms with Gasteiger partial charge < -0.3 is 16.2 Å². The van der Waals surface area contributed by atoms with Gasteiger partial charge in [-0.2, -0.15) is 0 Å². The van der Waals surface area contributed by atoms with Gasteiger partial charge in [0.25, 0.3) is 0 Å². The third-order valence-electron chi connectivity index (χ3n) is 2.68. The second kappa shape index (κ2) is 6.55. The second-order valence-electron chi connectivity index (χ2n) is 4.21. The van der Waals surface area contributed by atoms with E-state index in [0.29, 0.717) is 16.4 Å². The molecule has 1 aromatic heterocycles. The van der Waals surface area contributed by atoms with Crippen LogP contribution in [-0.2, 0) is 16.0 Å². The average Bonchev–Trinajstić information content (AvgIpc) is 2.82. The van der Waals surface area contributed by atoms with Gasteiger partial charge in [0.2, 0.25) is 5.91 Å². The minimum absolute atomic E-state index is 0.0397. The molecule has 110 valence electrons. The van der Waals surface area contributed by atoms with E-state index < -0.39 is 17.9 Å². The molecule has 0 bridgehead atoms. The Labute approximate surface area is 129 Å². The Morgan fingerprint density at radius 1 is 1.43 bits per heavy atom. The molecule has 0 fully saturated rings. The van der Waals surface area contributed by atoms with E-state index in [4.69, 9.17) is 17.3 Å². The number of carboxylic acid groups (broad SMARTS) is 1. The summed E-state index contributed by atoms with van der Waals surface area (Å²) in [6.45, 7) is 0. The van der Waals surface area contributed by atoms with Gasteiger partial charge >= 0.3 is 5.97 Å². The summed E-state index contributed by atoms with van der Waals surface area (Å²) in [6.07, 6.45) is -0.0397. The van der Waals surface area contributed by atoms with Gasteiger partial charge in [0.05, 0.1) is 12.1 Å². The normalized spacial score (nSPS) is 11.9. The predicted molar refractivity (Wildman–Crippen MR) is 80.2 cm³/mol. The zero-order chi connectivity index (χ0) is 15.4. The molecule has 0 aliphatic rings. The number of rotatable bonds is 5. The van der Waals surface area contributed by atoms with Crippen molar-refractivity contribution in [2.24, 2.45) is 0 Å². The number of carbonyl (C=O) groups is 2. The Hall–Kier alpha value is -2.12. The number of benzene rings is 1. The lowest BCUT2D eigenvalue weighted by atomic mass is 10.1. The monoisotopic (exact) mass is 325 g/mol. The number of hydrogen-bond donors (Lipinski definition) is 3. The zero-order valence-corrected chi connectivity index (χ0v) is 12.3. The average molecular weight is 326 g/mol. The van der Waals surface area contributed by atoms with Crippen molar-refractivity contribution in [2.75, 3.05) is 5.73 Å². The van der Waals surface area contributed by atoms with Gasteiger partial charge in [0.1, 0.15) is 0 Å². The first-order valence-electron chi connectivity index (χ1n) is 5.94. The van der Waals surface area contributed by atoms with Gasteiger partial charge in [0.15, 0.2) is 11.2 Å². The molecule has 0 aliphatic heterocycles. The molecular formula is C13H12ClN3O3S. The summed E-state index contributed by atoms with van der Waals surface area (Å²) in [5.74, 6) is -1.65. The fourth-order valence-corrected chi connectivity index (χ4v) is 2.57. The molecule has 2 aromatic rings. The molecule has 0 aliphatic carbocycles. The van der Waals surface area contributed by atoms with Crippen LogP contribution >= 0.6 is 22.9 Å². The molecule has 6 nitrogen and oxygen atoms in total. The number of carboxylic acids is 1. The first-order valence-corrected chi connectivity index (χ1v) is 7.19. The molecule has 1 atom stereocenters. The molecule has 21 heavy (non-hydrogen) atoms. The molecular weight excluding hydrogens is 314 g/mol. The molecule has 0 spiro atoms. The van der Waals surface area contributed by atoms with Crippen molar-refractivity contribution >= 4 is 39.9 Å². The van der Waals surface area contributed by atoms with Crippen LogP contribution in [0.1, 0.15) is 17.3 Å². The second-order valence-corrected chi connectivity index (χ2v) is 5.51. The highest BCUT2D eigenvalue weighted by atomic mass is 35.5. The van der Waals surface area contributed by atoms with E-state index in [2.05, 4.69) is 10.3 Å². The van der Waals surface area contributed by atoms with Gasteiger partial charge in [-0.05, 0) is 6.07 Å². The summed E-state index contributed by atoms with van der Waals surface area (Å²) in [5.41, 5.74) is 6.31. The molecule has 0 unspecified atom stereocenters. The maximum Gasteiger partial charge on any atom is 0.330 e. The van der Waals surface area contributed by atoms with Crippen molar-refractivity contribution in [2.45, 2.75) is 12.5 Å². The Bertz CT molecular complexity index is 674. The number of aliphatic carboxylic acids is 1. The molecule has 1 aromatic carbocycles. The number of nitrogens with one attached hydrogen (secondary N) is 1. The van der Waals surface area contributed by atoms with Crippen molar-refractivity contribution in [3.8, 4) is 0 Å². The van der Waals surface area contributed by atoms with Gasteiger partial charge in [-0.15, -0.1) is 11.3 Å². The van der Waals surface area contributed by atoms with Crippen molar-refractivity contribution in [3.05, 3.63) is 45.9 Å². The van der Waals surface area contributed by atoms with Crippen molar-refractivity contribution in [3.63, 3.8) is 0 Å². The first kappa shape index (κ1) is 15.3. The lowest BCUT2D eigenvalue weighted by Crippen LogP contribution is -2.35. The lowest BCUT2D eigenvalue weighted by molar-refractivity contribution is -0.142. The van der Waals surface area contributed by atoms with E-state index in [1.807, 2.05) is 0 Å². The van der Waals surface area contributed by atoms with Crippen LogP contribution in [0.3, 0.4) is 0 Å². The zero-order valence-electron chi connectivity index (χ0n) is 10.7. The van der Waals surface area contributed by atoms with E-state index in [9.17, 15) is 14.7 Å². The molecule has 0 saturated carbocycles. The summed E-state index contributed by atoms with van der Waals surface area (Å²) in [6, 6.07) is 5.26. The topological polar surface area (TPSA) is 105 Å². The predicted octanol–water partition coefficient (Wildman–Crippen LogP) is 1.86. The molecule has 0 saturated heterocycles. The Morgan fingerprint density at radius 3 is 2.71 bits per heavy atom. The van der Waals surface area contributed by atoms with E-state index in [0.717, 1.165) is 0 Å². The number of amides is 1. The maximum absolute atomic E-state index is 11.9. The third kappa shape index (κ3) is 3.93. The minimum atomic E-state index is -1.21. The third-order valence-corrected chi connectivity index (χ3v) is 3.75. The van der Waals surface area contributed by atoms with Crippen LogP contribution in [0.25, 0.3) is 0 Å². The first-order chi connectivity index (χ1) is 9.97. The number of halogens is 1. The molecule has 4 N–H and O–H groups in total. The van der Waals surface area contributed by atoms with Crippen LogP contribution in [0.15, 0.2) is 29.6 Å².